The number of piperidine rings is 1. The fourth-order valence-corrected chi connectivity index (χ4v) is 5.54. The van der Waals surface area contributed by atoms with Gasteiger partial charge in [-0.15, -0.1) is 0 Å². The van der Waals surface area contributed by atoms with Gasteiger partial charge in [-0.05, 0) is 46.9 Å². The minimum atomic E-state index is -0.188. The van der Waals surface area contributed by atoms with Crippen LogP contribution in [-0.2, 0) is 21.7 Å². The van der Waals surface area contributed by atoms with E-state index in [2.05, 4.69) is 34.2 Å². The van der Waals surface area contributed by atoms with Gasteiger partial charge in [-0.3, -0.25) is 4.79 Å². The molecule has 0 aromatic heterocycles. The number of aliphatic imine (C=N–C) groups is 1. The third-order valence-electron chi connectivity index (χ3n) is 6.04. The molecule has 0 atom stereocenters. The van der Waals surface area contributed by atoms with Gasteiger partial charge in [0.05, 0.1) is 17.1 Å². The van der Waals surface area contributed by atoms with Crippen LogP contribution in [0.5, 0.6) is 0 Å². The zero-order valence-electron chi connectivity index (χ0n) is 16.1. The highest BCUT2D eigenvalue weighted by molar-refractivity contribution is 8.18. The Morgan fingerprint density at radius 1 is 1.10 bits per heavy atom. The third-order valence-corrected chi connectivity index (χ3v) is 7.20. The van der Waals surface area contributed by atoms with Gasteiger partial charge in [0, 0.05) is 19.6 Å². The number of rotatable bonds is 2. The summed E-state index contributed by atoms with van der Waals surface area (Å²) < 4.78 is 6.25. The van der Waals surface area contributed by atoms with E-state index in [1.54, 1.807) is 0 Å². The van der Waals surface area contributed by atoms with Crippen molar-refractivity contribution in [3.05, 3.63) is 76.2 Å². The van der Waals surface area contributed by atoms with Crippen LogP contribution in [0.3, 0.4) is 0 Å². The van der Waals surface area contributed by atoms with Crippen LogP contribution < -0.4 is 5.73 Å². The predicted octanol–water partition coefficient (Wildman–Crippen LogP) is 3.51. The lowest BCUT2D eigenvalue weighted by molar-refractivity contribution is -0.113. The summed E-state index contributed by atoms with van der Waals surface area (Å²) in [5.74, 6) is -0.183. The van der Waals surface area contributed by atoms with Gasteiger partial charge in [-0.2, -0.15) is 4.99 Å². The second-order valence-electron chi connectivity index (χ2n) is 7.61. The number of nitrogens with two attached hydrogens (primary N) is 1. The Kier molecular flexibility index (Phi) is 4.78. The van der Waals surface area contributed by atoms with Crippen LogP contribution in [-0.4, -0.2) is 35.6 Å². The smallest absolute Gasteiger partial charge is 0.286 e. The fourth-order valence-electron chi connectivity index (χ4n) is 4.46. The number of carbonyl (C=O) groups excluding carboxylic acids is 1. The average Bonchev–Trinajstić information content (AvgIpc) is 3.32. The number of hydrogen-bond donors (Lipinski definition) is 1. The molecule has 29 heavy (non-hydrogen) atoms. The van der Waals surface area contributed by atoms with Crippen molar-refractivity contribution in [1.29, 1.82) is 0 Å². The van der Waals surface area contributed by atoms with Gasteiger partial charge in [0.2, 0.25) is 0 Å². The van der Waals surface area contributed by atoms with E-state index in [-0.39, 0.29) is 11.5 Å². The zero-order valence-corrected chi connectivity index (χ0v) is 17.0. The molecule has 1 spiro atoms. The number of carbonyl (C=O) groups is 1. The van der Waals surface area contributed by atoms with Crippen LogP contribution in [0, 0.1) is 0 Å². The lowest BCUT2D eigenvalue weighted by Crippen LogP contribution is -2.44. The van der Waals surface area contributed by atoms with Crippen LogP contribution in [0.4, 0.5) is 0 Å². The third kappa shape index (κ3) is 3.21. The maximum Gasteiger partial charge on any atom is 0.286 e. The van der Waals surface area contributed by atoms with Gasteiger partial charge in [0.15, 0.2) is 5.17 Å². The molecule has 2 aromatic rings. The van der Waals surface area contributed by atoms with Gasteiger partial charge in [-0.25, -0.2) is 0 Å². The summed E-state index contributed by atoms with van der Waals surface area (Å²) in [5.41, 5.74) is 10.3. The molecule has 0 unspecified atom stereocenters. The highest BCUT2D eigenvalue weighted by atomic mass is 32.2. The van der Waals surface area contributed by atoms with E-state index < -0.39 is 0 Å². The summed E-state index contributed by atoms with van der Waals surface area (Å²) in [5, 5.41) is 0.785. The minimum Gasteiger partial charge on any atom is -0.365 e. The molecular weight excluding hydrogens is 382 g/mol. The molecule has 6 heteroatoms. The van der Waals surface area contributed by atoms with Gasteiger partial charge < -0.3 is 15.4 Å². The topological polar surface area (TPSA) is 67.9 Å². The molecule has 3 aliphatic heterocycles. The Hall–Kier alpha value is -2.41. The molecule has 2 aromatic carbocycles. The van der Waals surface area contributed by atoms with E-state index in [4.69, 9.17) is 10.5 Å². The number of hydrogen-bond acceptors (Lipinski definition) is 5. The quantitative estimate of drug-likeness (QED) is 0.775. The number of likely N-dealkylation sites (tertiary alicyclic amines) is 1. The molecule has 0 radical (unpaired) electrons. The number of amides is 1. The van der Waals surface area contributed by atoms with Crippen molar-refractivity contribution < 1.29 is 9.53 Å². The van der Waals surface area contributed by atoms with E-state index in [0.29, 0.717) is 18.1 Å². The van der Waals surface area contributed by atoms with Crippen molar-refractivity contribution in [1.82, 2.24) is 4.90 Å². The molecular formula is C23H23N3O2S. The molecule has 3 heterocycles. The summed E-state index contributed by atoms with van der Waals surface area (Å²) in [7, 11) is 0. The van der Waals surface area contributed by atoms with Gasteiger partial charge in [-0.1, -0.05) is 54.6 Å². The largest absolute Gasteiger partial charge is 0.365 e. The van der Waals surface area contributed by atoms with E-state index in [1.165, 1.54) is 22.9 Å². The molecule has 148 valence electrons. The average molecular weight is 406 g/mol. The summed E-state index contributed by atoms with van der Waals surface area (Å²) >= 11 is 1.45. The highest BCUT2D eigenvalue weighted by Crippen LogP contribution is 2.45. The molecule has 3 aliphatic rings. The van der Waals surface area contributed by atoms with E-state index in [9.17, 15) is 4.79 Å². The number of fused-ring (bicyclic) bond motifs is 2. The second-order valence-corrected chi connectivity index (χ2v) is 8.58. The first-order valence-corrected chi connectivity index (χ1v) is 10.8. The summed E-state index contributed by atoms with van der Waals surface area (Å²) in [6.07, 6.45) is 1.80. The van der Waals surface area contributed by atoms with Crippen molar-refractivity contribution >= 4 is 28.4 Å². The summed E-state index contributed by atoms with van der Waals surface area (Å²) in [6.45, 7) is 2.65. The standard InChI is InChI=1S/C23H23N3O2S/c24-14-18(16-6-2-1-3-7-16)20-21(27)25-22(29-20)26-12-10-23(11-13-26)19-9-5-4-8-17(19)15-28-23/h1-9H,10-15,24H2/b20-18-. The molecule has 5 rings (SSSR count). The Bertz CT molecular complexity index is 1010. The highest BCUT2D eigenvalue weighted by Gasteiger charge is 2.43. The van der Waals surface area contributed by atoms with Crippen molar-refractivity contribution in [3.63, 3.8) is 0 Å². The molecule has 2 N–H and O–H groups in total. The van der Waals surface area contributed by atoms with Gasteiger partial charge >= 0.3 is 0 Å². The molecule has 0 saturated carbocycles. The summed E-state index contributed by atoms with van der Waals surface area (Å²) in [6, 6.07) is 18.4. The van der Waals surface area contributed by atoms with Gasteiger partial charge in [0.25, 0.3) is 5.91 Å². The van der Waals surface area contributed by atoms with E-state index in [0.717, 1.165) is 42.2 Å². The number of ether oxygens (including phenoxy) is 1. The van der Waals surface area contributed by atoms with Crippen LogP contribution in [0.2, 0.25) is 0 Å². The second kappa shape index (κ2) is 7.44. The maximum absolute atomic E-state index is 12.6. The fraction of sp³-hybridized carbons (Fsp3) is 0.304. The monoisotopic (exact) mass is 405 g/mol. The number of thioether (sulfide) groups is 1. The Morgan fingerprint density at radius 2 is 1.83 bits per heavy atom. The molecule has 0 bridgehead atoms. The first-order chi connectivity index (χ1) is 14.2. The van der Waals surface area contributed by atoms with Crippen molar-refractivity contribution in [2.75, 3.05) is 19.6 Å². The lowest BCUT2D eigenvalue weighted by Gasteiger charge is -2.39. The number of benzene rings is 2. The molecule has 1 saturated heterocycles. The molecule has 1 fully saturated rings. The van der Waals surface area contributed by atoms with E-state index in [1.807, 2.05) is 30.3 Å². The number of nitrogens with zero attached hydrogens (tertiary/aromatic N) is 2. The summed E-state index contributed by atoms with van der Waals surface area (Å²) in [4.78, 5) is 19.9. The predicted molar refractivity (Wildman–Crippen MR) is 116 cm³/mol. The zero-order chi connectivity index (χ0) is 19.8. The molecule has 0 aliphatic carbocycles. The minimum absolute atomic E-state index is 0.183. The Morgan fingerprint density at radius 3 is 2.59 bits per heavy atom. The van der Waals surface area contributed by atoms with Crippen LogP contribution in [0.15, 0.2) is 64.5 Å². The van der Waals surface area contributed by atoms with Crippen molar-refractivity contribution in [3.8, 4) is 0 Å². The normalized spacial score (nSPS) is 22.0. The van der Waals surface area contributed by atoms with Crippen molar-refractivity contribution in [2.45, 2.75) is 25.0 Å². The van der Waals surface area contributed by atoms with Crippen LogP contribution in [0.25, 0.3) is 5.57 Å². The first-order valence-electron chi connectivity index (χ1n) is 9.97. The SMILES string of the molecule is NC/C(=C1/SC(N2CCC3(CC2)OCc2ccccc23)=NC1=O)c1ccccc1. The Labute approximate surface area is 174 Å². The van der Waals surface area contributed by atoms with Crippen LogP contribution >= 0.6 is 11.8 Å². The van der Waals surface area contributed by atoms with Crippen molar-refractivity contribution in [2.24, 2.45) is 10.7 Å². The van der Waals surface area contributed by atoms with E-state index >= 15 is 0 Å². The lowest BCUT2D eigenvalue weighted by atomic mass is 9.84. The maximum atomic E-state index is 12.6. The number of amidine groups is 1. The van der Waals surface area contributed by atoms with Gasteiger partial charge in [0.1, 0.15) is 0 Å². The van der Waals surface area contributed by atoms with Crippen LogP contribution in [0.1, 0.15) is 29.5 Å². The molecule has 1 amide bonds. The first kappa shape index (κ1) is 18.6. The Balaban J connectivity index is 1.33. The molecule has 5 nitrogen and oxygen atoms in total.